The average Bonchev–Trinajstić information content (AvgIpc) is 3.36. The molecule has 2 amide bonds. The molecule has 8 nitrogen and oxygen atoms in total. The lowest BCUT2D eigenvalue weighted by Crippen LogP contribution is -2.46. The zero-order chi connectivity index (χ0) is 23.9. The lowest BCUT2D eigenvalue weighted by atomic mass is 9.99. The molecule has 3 atom stereocenters. The van der Waals surface area contributed by atoms with Gasteiger partial charge in [0.2, 0.25) is 0 Å². The number of hydrogen-bond donors (Lipinski definition) is 3. The molecule has 0 spiro atoms. The van der Waals surface area contributed by atoms with Gasteiger partial charge >= 0.3 is 6.03 Å². The van der Waals surface area contributed by atoms with Crippen molar-refractivity contribution < 1.29 is 9.90 Å². The van der Waals surface area contributed by atoms with E-state index in [9.17, 15) is 9.90 Å². The van der Waals surface area contributed by atoms with Gasteiger partial charge in [0.1, 0.15) is 0 Å². The second kappa shape index (κ2) is 11.4. The molecular weight excluding hydrogens is 496 g/mol. The first-order chi connectivity index (χ1) is 16.5. The van der Waals surface area contributed by atoms with E-state index in [4.69, 9.17) is 0 Å². The molecule has 4 rings (SSSR count). The summed E-state index contributed by atoms with van der Waals surface area (Å²) in [5.41, 5.74) is 2.84. The van der Waals surface area contributed by atoms with E-state index < -0.39 is 6.10 Å². The number of benzene rings is 2. The average molecular weight is 525 g/mol. The van der Waals surface area contributed by atoms with Gasteiger partial charge in [0.25, 0.3) is 0 Å². The first-order valence-electron chi connectivity index (χ1n) is 11.5. The van der Waals surface area contributed by atoms with Crippen molar-refractivity contribution in [3.05, 3.63) is 87.7 Å². The first-order valence-corrected chi connectivity index (χ1v) is 12.3. The second-order valence-electron chi connectivity index (χ2n) is 8.58. The lowest BCUT2D eigenvalue weighted by molar-refractivity contribution is 0.162. The number of allylic oxidation sites excluding steroid dienone is 1. The number of nitrogens with one attached hydrogen (secondary N) is 2. The van der Waals surface area contributed by atoms with Crippen molar-refractivity contribution in [2.45, 2.75) is 57.3 Å². The summed E-state index contributed by atoms with van der Waals surface area (Å²) >= 11 is 3.46. The van der Waals surface area contributed by atoms with E-state index in [-0.39, 0.29) is 24.5 Å². The highest BCUT2D eigenvalue weighted by Crippen LogP contribution is 2.23. The molecule has 3 N–H and O–H groups in total. The van der Waals surface area contributed by atoms with E-state index >= 15 is 0 Å². The number of aromatic nitrogens is 4. The van der Waals surface area contributed by atoms with Gasteiger partial charge in [0, 0.05) is 23.5 Å². The van der Waals surface area contributed by atoms with Gasteiger partial charge in [-0.15, -0.1) is 10.2 Å². The Kier molecular flexibility index (Phi) is 8.08. The largest absolute Gasteiger partial charge is 0.388 e. The number of hydrogen-bond acceptors (Lipinski definition) is 5. The number of aliphatic hydroxyl groups excluding tert-OH is 1. The molecule has 1 heterocycles. The first kappa shape index (κ1) is 24.1. The van der Waals surface area contributed by atoms with E-state index in [1.54, 1.807) is 0 Å². The SMILES string of the molecule is C[C@H](NC(=O)N(Cc1ccc([C@H](O)Cc2nn[nH]n2)cc1)C1CC=CCC1)c1ccc(Br)cc1. The summed E-state index contributed by atoms with van der Waals surface area (Å²) in [4.78, 5) is 15.3. The Hall–Kier alpha value is -3.04. The molecule has 2 aromatic carbocycles. The Labute approximate surface area is 207 Å². The third kappa shape index (κ3) is 6.30. The molecule has 0 aliphatic heterocycles. The molecular formula is C25H29BrN6O2. The van der Waals surface area contributed by atoms with Crippen molar-refractivity contribution in [3.8, 4) is 0 Å². The van der Waals surface area contributed by atoms with E-state index in [2.05, 4.69) is 54.0 Å². The molecule has 1 unspecified atom stereocenters. The number of rotatable bonds is 8. The van der Waals surface area contributed by atoms with Crippen LogP contribution in [0.2, 0.25) is 0 Å². The normalized spacial score (nSPS) is 17.2. The summed E-state index contributed by atoms with van der Waals surface area (Å²) in [7, 11) is 0. The third-order valence-electron chi connectivity index (χ3n) is 6.14. The summed E-state index contributed by atoms with van der Waals surface area (Å²) in [6, 6.07) is 15.7. The zero-order valence-electron chi connectivity index (χ0n) is 19.1. The maximum absolute atomic E-state index is 13.4. The number of halogens is 1. The predicted molar refractivity (Wildman–Crippen MR) is 133 cm³/mol. The van der Waals surface area contributed by atoms with E-state index in [0.717, 1.165) is 40.4 Å². The molecule has 1 aliphatic carbocycles. The smallest absolute Gasteiger partial charge is 0.318 e. The van der Waals surface area contributed by atoms with Crippen molar-refractivity contribution >= 4 is 22.0 Å². The Morgan fingerprint density at radius 1 is 1.18 bits per heavy atom. The van der Waals surface area contributed by atoms with Gasteiger partial charge in [-0.2, -0.15) is 5.21 Å². The number of amides is 2. The van der Waals surface area contributed by atoms with Crippen molar-refractivity contribution in [2.24, 2.45) is 0 Å². The van der Waals surface area contributed by atoms with Crippen LogP contribution in [0.25, 0.3) is 0 Å². The van der Waals surface area contributed by atoms with E-state index in [1.807, 2.05) is 60.4 Å². The lowest BCUT2D eigenvalue weighted by Gasteiger charge is -2.34. The highest BCUT2D eigenvalue weighted by Gasteiger charge is 2.25. The van der Waals surface area contributed by atoms with Crippen molar-refractivity contribution in [1.29, 1.82) is 0 Å². The Balaban J connectivity index is 1.44. The van der Waals surface area contributed by atoms with Crippen LogP contribution in [-0.4, -0.2) is 42.7 Å². The number of aromatic amines is 1. The van der Waals surface area contributed by atoms with Crippen molar-refractivity contribution in [1.82, 2.24) is 30.8 Å². The number of tetrazole rings is 1. The summed E-state index contributed by atoms with van der Waals surface area (Å²) in [5.74, 6) is 0.463. The zero-order valence-corrected chi connectivity index (χ0v) is 20.6. The Morgan fingerprint density at radius 3 is 2.56 bits per heavy atom. The third-order valence-corrected chi connectivity index (χ3v) is 6.66. The van der Waals surface area contributed by atoms with Gasteiger partial charge in [-0.25, -0.2) is 4.79 Å². The highest BCUT2D eigenvalue weighted by molar-refractivity contribution is 9.10. The Morgan fingerprint density at radius 2 is 1.91 bits per heavy atom. The molecule has 0 saturated carbocycles. The fourth-order valence-corrected chi connectivity index (χ4v) is 4.40. The van der Waals surface area contributed by atoms with Crippen molar-refractivity contribution in [3.63, 3.8) is 0 Å². The van der Waals surface area contributed by atoms with Gasteiger partial charge in [-0.3, -0.25) is 0 Å². The van der Waals surface area contributed by atoms with Gasteiger partial charge in [-0.05, 0) is 55.0 Å². The number of aliphatic hydroxyl groups is 1. The fraction of sp³-hybridized carbons (Fsp3) is 0.360. The second-order valence-corrected chi connectivity index (χ2v) is 9.49. The summed E-state index contributed by atoms with van der Waals surface area (Å²) in [5, 5.41) is 27.3. The number of urea groups is 1. The minimum Gasteiger partial charge on any atom is -0.388 e. The van der Waals surface area contributed by atoms with Gasteiger partial charge < -0.3 is 15.3 Å². The molecule has 178 valence electrons. The molecule has 1 aliphatic rings. The molecule has 1 aromatic heterocycles. The minimum atomic E-state index is -0.721. The molecule has 0 radical (unpaired) electrons. The fourth-order valence-electron chi connectivity index (χ4n) is 4.13. The van der Waals surface area contributed by atoms with Crippen LogP contribution < -0.4 is 5.32 Å². The van der Waals surface area contributed by atoms with Crippen LogP contribution in [0.5, 0.6) is 0 Å². The Bertz CT molecular complexity index is 1090. The molecule has 3 aromatic rings. The number of carbonyl (C=O) groups excluding carboxylic acids is 1. The van der Waals surface area contributed by atoms with Crippen LogP contribution >= 0.6 is 15.9 Å². The molecule has 0 saturated heterocycles. The number of carbonyl (C=O) groups is 1. The molecule has 0 fully saturated rings. The summed E-state index contributed by atoms with van der Waals surface area (Å²) < 4.78 is 1.01. The van der Waals surface area contributed by atoms with E-state index in [0.29, 0.717) is 12.4 Å². The van der Waals surface area contributed by atoms with Crippen LogP contribution in [0.3, 0.4) is 0 Å². The summed E-state index contributed by atoms with van der Waals surface area (Å²) in [6.45, 7) is 2.50. The van der Waals surface area contributed by atoms with Crippen molar-refractivity contribution in [2.75, 3.05) is 0 Å². The molecule has 9 heteroatoms. The van der Waals surface area contributed by atoms with Crippen LogP contribution in [0.4, 0.5) is 4.79 Å². The highest BCUT2D eigenvalue weighted by atomic mass is 79.9. The minimum absolute atomic E-state index is 0.0723. The topological polar surface area (TPSA) is 107 Å². The standard InChI is InChI=1S/C25H29BrN6O2/c1-17(19-11-13-21(26)14-12-19)27-25(34)32(22-5-3-2-4-6-22)16-18-7-9-20(10-8-18)23(33)15-24-28-30-31-29-24/h2-3,7-14,17,22-23,33H,4-6,15-16H2,1H3,(H,27,34)(H,28,29,30,31)/t17-,22?,23+/m0/s1. The van der Waals surface area contributed by atoms with Crippen LogP contribution in [0, 0.1) is 0 Å². The number of H-pyrrole nitrogens is 1. The summed E-state index contributed by atoms with van der Waals surface area (Å²) in [6.07, 6.45) is 6.66. The number of nitrogens with zero attached hydrogens (tertiary/aromatic N) is 4. The maximum atomic E-state index is 13.4. The molecule has 0 bridgehead atoms. The van der Waals surface area contributed by atoms with Gasteiger partial charge in [0.05, 0.1) is 12.1 Å². The van der Waals surface area contributed by atoms with Crippen LogP contribution in [-0.2, 0) is 13.0 Å². The van der Waals surface area contributed by atoms with Gasteiger partial charge in [0.15, 0.2) is 5.82 Å². The predicted octanol–water partition coefficient (Wildman–Crippen LogP) is 4.62. The quantitative estimate of drug-likeness (QED) is 0.372. The van der Waals surface area contributed by atoms with E-state index in [1.165, 1.54) is 0 Å². The van der Waals surface area contributed by atoms with Crippen LogP contribution in [0.15, 0.2) is 65.2 Å². The monoisotopic (exact) mass is 524 g/mol. The molecule has 34 heavy (non-hydrogen) atoms. The maximum Gasteiger partial charge on any atom is 0.318 e. The van der Waals surface area contributed by atoms with Crippen LogP contribution in [0.1, 0.15) is 60.8 Å². The van der Waals surface area contributed by atoms with Gasteiger partial charge in [-0.1, -0.05) is 69.7 Å².